The van der Waals surface area contributed by atoms with Crippen molar-refractivity contribution in [3.63, 3.8) is 0 Å². The van der Waals surface area contributed by atoms with Gasteiger partial charge in [0.15, 0.2) is 0 Å². The van der Waals surface area contributed by atoms with Crippen molar-refractivity contribution in [2.24, 2.45) is 0 Å². The molecule has 1 aliphatic carbocycles. The minimum atomic E-state index is -0.510. The first-order valence-corrected chi connectivity index (χ1v) is 9.49. The zero-order valence-electron chi connectivity index (χ0n) is 14.2. The Hall–Kier alpha value is -2.77. The Bertz CT molecular complexity index is 1310. The average Bonchev–Trinajstić information content (AvgIpc) is 3.44. The maximum Gasteiger partial charge on any atom is 0.271 e. The molecule has 136 valence electrons. The van der Waals surface area contributed by atoms with Gasteiger partial charge in [-0.1, -0.05) is 24.3 Å². The van der Waals surface area contributed by atoms with Crippen molar-refractivity contribution in [2.45, 2.75) is 25.5 Å². The molecule has 5 rings (SSSR count). The van der Waals surface area contributed by atoms with E-state index in [9.17, 15) is 19.1 Å². The Balaban J connectivity index is 1.86. The van der Waals surface area contributed by atoms with Gasteiger partial charge in [0.25, 0.3) is 5.56 Å². The molecule has 1 fully saturated rings. The van der Waals surface area contributed by atoms with Gasteiger partial charge >= 0.3 is 0 Å². The van der Waals surface area contributed by atoms with Crippen molar-refractivity contribution < 1.29 is 9.50 Å². The van der Waals surface area contributed by atoms with Crippen LogP contribution >= 0.6 is 11.5 Å². The van der Waals surface area contributed by atoms with E-state index in [-0.39, 0.29) is 23.4 Å². The third kappa shape index (κ3) is 2.46. The summed E-state index contributed by atoms with van der Waals surface area (Å²) >= 11 is 1.15. The number of benzene rings is 2. The zero-order chi connectivity index (χ0) is 18.7. The molecule has 0 saturated heterocycles. The standard InChI is InChI=1S/C20H15FN2O3S/c21-15-7-14-16(8-13(15)11-3-1-10(9-24)2-4-11)23(12-5-6-12)20-17(18(14)25)19(26)22-27-20/h1-4,7-8,12,24H,5-6,9H2,(H,22,26). The SMILES string of the molecule is O=c1[nH]sc2c1c(=O)c1cc(F)c(-c3ccc(CO)cc3)cc1n2C1CC1. The Morgan fingerprint density at radius 1 is 1.19 bits per heavy atom. The third-order valence-electron chi connectivity index (χ3n) is 5.08. The summed E-state index contributed by atoms with van der Waals surface area (Å²) in [6.07, 6.45) is 1.94. The van der Waals surface area contributed by atoms with Crippen LogP contribution in [0.15, 0.2) is 46.0 Å². The van der Waals surface area contributed by atoms with E-state index in [4.69, 9.17) is 0 Å². The number of aromatic nitrogens is 2. The zero-order valence-corrected chi connectivity index (χ0v) is 15.0. The van der Waals surface area contributed by atoms with Gasteiger partial charge in [0.1, 0.15) is 16.0 Å². The fourth-order valence-corrected chi connectivity index (χ4v) is 4.48. The normalized spacial score (nSPS) is 14.3. The summed E-state index contributed by atoms with van der Waals surface area (Å²) in [5.41, 5.74) is 1.61. The van der Waals surface area contributed by atoms with Gasteiger partial charge < -0.3 is 9.67 Å². The minimum absolute atomic E-state index is 0.0773. The predicted octanol–water partition coefficient (Wildman–Crippen LogP) is 3.54. The lowest BCUT2D eigenvalue weighted by Crippen LogP contribution is -2.15. The molecule has 0 atom stereocenters. The van der Waals surface area contributed by atoms with Crippen LogP contribution in [0.2, 0.25) is 0 Å². The van der Waals surface area contributed by atoms with Gasteiger partial charge in [0, 0.05) is 17.0 Å². The first-order valence-electron chi connectivity index (χ1n) is 8.67. The van der Waals surface area contributed by atoms with E-state index in [2.05, 4.69) is 4.37 Å². The first-order chi connectivity index (χ1) is 13.1. The summed E-state index contributed by atoms with van der Waals surface area (Å²) in [6, 6.07) is 10.1. The lowest BCUT2D eigenvalue weighted by atomic mass is 10.0. The number of fused-ring (bicyclic) bond motifs is 2. The van der Waals surface area contributed by atoms with Gasteiger partial charge in [-0.05, 0) is 47.6 Å². The predicted molar refractivity (Wildman–Crippen MR) is 104 cm³/mol. The number of aliphatic hydroxyl groups excluding tert-OH is 1. The number of pyridine rings is 1. The summed E-state index contributed by atoms with van der Waals surface area (Å²) in [5.74, 6) is -0.510. The highest BCUT2D eigenvalue weighted by Crippen LogP contribution is 2.40. The smallest absolute Gasteiger partial charge is 0.271 e. The molecule has 0 unspecified atom stereocenters. The van der Waals surface area contributed by atoms with Crippen LogP contribution in [0.1, 0.15) is 24.4 Å². The molecule has 7 heteroatoms. The minimum Gasteiger partial charge on any atom is -0.392 e. The molecule has 0 radical (unpaired) electrons. The molecule has 4 aromatic rings. The fourth-order valence-electron chi connectivity index (χ4n) is 3.56. The fraction of sp³-hybridized carbons (Fsp3) is 0.200. The van der Waals surface area contributed by atoms with Crippen molar-refractivity contribution in [2.75, 3.05) is 0 Å². The van der Waals surface area contributed by atoms with Gasteiger partial charge in [-0.25, -0.2) is 4.39 Å². The Labute approximate surface area is 156 Å². The number of aliphatic hydroxyl groups is 1. The molecule has 0 aliphatic heterocycles. The Morgan fingerprint density at radius 3 is 2.59 bits per heavy atom. The molecule has 0 spiro atoms. The maximum atomic E-state index is 14.9. The summed E-state index contributed by atoms with van der Waals surface area (Å²) in [6.45, 7) is -0.0773. The van der Waals surface area contributed by atoms with E-state index in [0.717, 1.165) is 29.9 Å². The largest absolute Gasteiger partial charge is 0.392 e. The highest BCUT2D eigenvalue weighted by molar-refractivity contribution is 7.12. The van der Waals surface area contributed by atoms with E-state index >= 15 is 0 Å². The number of H-pyrrole nitrogens is 1. The average molecular weight is 382 g/mol. The number of nitrogens with one attached hydrogen (secondary N) is 1. The van der Waals surface area contributed by atoms with Crippen LogP contribution in [0, 0.1) is 5.82 Å². The lowest BCUT2D eigenvalue weighted by Gasteiger charge is -2.13. The van der Waals surface area contributed by atoms with Gasteiger partial charge in [-0.2, -0.15) is 0 Å². The first kappa shape index (κ1) is 16.4. The molecule has 0 bridgehead atoms. The Kier molecular flexibility index (Phi) is 3.57. The van der Waals surface area contributed by atoms with Gasteiger partial charge in [0.2, 0.25) is 5.43 Å². The number of hydrogen-bond acceptors (Lipinski definition) is 4. The molecule has 1 aliphatic rings. The molecule has 0 amide bonds. The molecule has 5 nitrogen and oxygen atoms in total. The lowest BCUT2D eigenvalue weighted by molar-refractivity contribution is 0.282. The number of hydrogen-bond donors (Lipinski definition) is 2. The van der Waals surface area contributed by atoms with Crippen LogP contribution < -0.4 is 11.0 Å². The van der Waals surface area contributed by atoms with E-state index in [1.54, 1.807) is 30.3 Å². The summed E-state index contributed by atoms with van der Waals surface area (Å²) < 4.78 is 19.5. The Morgan fingerprint density at radius 2 is 1.93 bits per heavy atom. The second kappa shape index (κ2) is 5.87. The summed E-state index contributed by atoms with van der Waals surface area (Å²) in [7, 11) is 0. The van der Waals surface area contributed by atoms with E-state index in [1.807, 2.05) is 4.57 Å². The van der Waals surface area contributed by atoms with Crippen molar-refractivity contribution in [3.8, 4) is 11.1 Å². The van der Waals surface area contributed by atoms with Crippen LogP contribution in [0.5, 0.6) is 0 Å². The van der Waals surface area contributed by atoms with Gasteiger partial charge in [-0.15, -0.1) is 0 Å². The molecule has 2 aromatic carbocycles. The number of nitrogens with zero attached hydrogens (tertiary/aromatic N) is 1. The van der Waals surface area contributed by atoms with Crippen LogP contribution in [0.25, 0.3) is 32.2 Å². The molecule has 1 saturated carbocycles. The highest BCUT2D eigenvalue weighted by atomic mass is 32.1. The van der Waals surface area contributed by atoms with Gasteiger partial charge in [-0.3, -0.25) is 14.0 Å². The van der Waals surface area contributed by atoms with Crippen LogP contribution in [-0.2, 0) is 6.61 Å². The summed E-state index contributed by atoms with van der Waals surface area (Å²) in [4.78, 5) is 25.5. The van der Waals surface area contributed by atoms with Crippen molar-refractivity contribution >= 4 is 32.7 Å². The van der Waals surface area contributed by atoms with Crippen LogP contribution in [-0.4, -0.2) is 14.0 Å². The van der Waals surface area contributed by atoms with E-state index in [0.29, 0.717) is 21.5 Å². The number of rotatable bonds is 3. The van der Waals surface area contributed by atoms with Crippen molar-refractivity contribution in [3.05, 3.63) is 68.4 Å². The quantitative estimate of drug-likeness (QED) is 0.569. The number of halogens is 1. The monoisotopic (exact) mass is 382 g/mol. The molecular weight excluding hydrogens is 367 g/mol. The van der Waals surface area contributed by atoms with Crippen molar-refractivity contribution in [1.82, 2.24) is 8.94 Å². The topological polar surface area (TPSA) is 75.1 Å². The third-order valence-corrected chi connectivity index (χ3v) is 5.96. The van der Waals surface area contributed by atoms with E-state index < -0.39 is 16.8 Å². The second-order valence-corrected chi connectivity index (χ2v) is 7.64. The molecular formula is C20H15FN2O3S. The van der Waals surface area contributed by atoms with E-state index in [1.165, 1.54) is 6.07 Å². The molecule has 2 N–H and O–H groups in total. The molecule has 2 aromatic heterocycles. The maximum absolute atomic E-state index is 14.9. The summed E-state index contributed by atoms with van der Waals surface area (Å²) in [5, 5.41) is 9.53. The molecule has 2 heterocycles. The number of aromatic amines is 1. The van der Waals surface area contributed by atoms with Crippen molar-refractivity contribution in [1.29, 1.82) is 0 Å². The van der Waals surface area contributed by atoms with Gasteiger partial charge in [0.05, 0.1) is 12.1 Å². The van der Waals surface area contributed by atoms with Crippen LogP contribution in [0.3, 0.4) is 0 Å². The second-order valence-electron chi connectivity index (χ2n) is 6.85. The molecule has 27 heavy (non-hydrogen) atoms. The van der Waals surface area contributed by atoms with Crippen LogP contribution in [0.4, 0.5) is 4.39 Å². The highest BCUT2D eigenvalue weighted by Gasteiger charge is 2.29.